The average molecular weight is 378 g/mol. The highest BCUT2D eigenvalue weighted by molar-refractivity contribution is 7.15. The zero-order chi connectivity index (χ0) is 17.4. The molecule has 25 heavy (non-hydrogen) atoms. The van der Waals surface area contributed by atoms with Crippen molar-refractivity contribution in [1.29, 1.82) is 0 Å². The zero-order valence-electron chi connectivity index (χ0n) is 13.8. The third-order valence-electron chi connectivity index (χ3n) is 4.35. The molecule has 4 rings (SSSR count). The van der Waals surface area contributed by atoms with Gasteiger partial charge in [-0.25, -0.2) is 4.98 Å². The van der Waals surface area contributed by atoms with Crippen molar-refractivity contribution in [2.45, 2.75) is 19.9 Å². The second-order valence-electron chi connectivity index (χ2n) is 5.92. The molecule has 0 amide bonds. The molecule has 0 aliphatic carbocycles. The molecule has 1 saturated heterocycles. The second kappa shape index (κ2) is 6.70. The average Bonchev–Trinajstić information content (AvgIpc) is 3.30. The fraction of sp³-hybridized carbons (Fsp3) is 0.467. The largest absolute Gasteiger partial charge is 0.373 e. The molecule has 0 aromatic carbocycles. The number of hydrogen-bond acceptors (Lipinski definition) is 8. The van der Waals surface area contributed by atoms with E-state index in [1.165, 1.54) is 16.3 Å². The van der Waals surface area contributed by atoms with Gasteiger partial charge in [-0.1, -0.05) is 18.3 Å². The summed E-state index contributed by atoms with van der Waals surface area (Å²) in [6.07, 6.45) is 2.68. The van der Waals surface area contributed by atoms with Gasteiger partial charge in [-0.3, -0.25) is 4.90 Å². The van der Waals surface area contributed by atoms with Gasteiger partial charge < -0.3 is 15.0 Å². The number of rotatable bonds is 5. The van der Waals surface area contributed by atoms with Gasteiger partial charge >= 0.3 is 5.82 Å². The fourth-order valence-corrected chi connectivity index (χ4v) is 4.52. The monoisotopic (exact) mass is 378 g/mol. The molecule has 0 N–H and O–H groups in total. The Bertz CT molecular complexity index is 893. The van der Waals surface area contributed by atoms with Crippen LogP contribution in [0.4, 0.5) is 11.6 Å². The second-order valence-corrected chi connectivity index (χ2v) is 7.74. The van der Waals surface area contributed by atoms with E-state index >= 15 is 0 Å². The van der Waals surface area contributed by atoms with Crippen molar-refractivity contribution in [3.05, 3.63) is 37.8 Å². The molecular formula is C15H18N6O2S2. The predicted octanol–water partition coefficient (Wildman–Crippen LogP) is 2.65. The molecule has 0 spiro atoms. The normalized spacial score (nSPS) is 16.0. The van der Waals surface area contributed by atoms with E-state index in [1.54, 1.807) is 21.9 Å². The smallest absolute Gasteiger partial charge is 0.358 e. The first-order valence-electron chi connectivity index (χ1n) is 8.16. The molecule has 3 aromatic rings. The van der Waals surface area contributed by atoms with Crippen LogP contribution in [-0.4, -0.2) is 50.4 Å². The number of nitrogens with zero attached hydrogens (tertiary/aromatic N) is 6. The summed E-state index contributed by atoms with van der Waals surface area (Å²) < 4.78 is 1.56. The summed E-state index contributed by atoms with van der Waals surface area (Å²) >= 11 is 3.12. The summed E-state index contributed by atoms with van der Waals surface area (Å²) in [7, 11) is 0. The standard InChI is InChI=1S/C15H18N6O2S2/c1-2-12-16-11(10-25-12)9-18-3-5-19(6-4-18)13-14(21(22)23)20-7-8-24-15(20)17-13/h7-8,10H,2-6,9H2,1H3. The van der Waals surface area contributed by atoms with Crippen LogP contribution in [0.2, 0.25) is 0 Å². The Kier molecular flexibility index (Phi) is 4.40. The van der Waals surface area contributed by atoms with Crippen LogP contribution in [0.5, 0.6) is 0 Å². The Labute approximate surface area is 152 Å². The lowest BCUT2D eigenvalue weighted by Gasteiger charge is -2.34. The van der Waals surface area contributed by atoms with Crippen molar-refractivity contribution in [2.24, 2.45) is 0 Å². The summed E-state index contributed by atoms with van der Waals surface area (Å²) in [5.74, 6) is 0.551. The van der Waals surface area contributed by atoms with Crippen LogP contribution in [0.1, 0.15) is 17.6 Å². The first-order chi connectivity index (χ1) is 12.2. The molecule has 1 fully saturated rings. The number of fused-ring (bicyclic) bond motifs is 1. The molecule has 0 saturated carbocycles. The van der Waals surface area contributed by atoms with Crippen molar-refractivity contribution in [1.82, 2.24) is 19.3 Å². The van der Waals surface area contributed by atoms with Gasteiger partial charge in [-0.05, 0) is 11.3 Å². The van der Waals surface area contributed by atoms with Crippen molar-refractivity contribution in [3.8, 4) is 0 Å². The number of aromatic nitrogens is 3. The minimum atomic E-state index is -0.337. The lowest BCUT2D eigenvalue weighted by atomic mass is 10.3. The molecule has 132 valence electrons. The van der Waals surface area contributed by atoms with Crippen LogP contribution >= 0.6 is 22.7 Å². The Morgan fingerprint density at radius 2 is 2.04 bits per heavy atom. The van der Waals surface area contributed by atoms with Crippen LogP contribution in [0, 0.1) is 10.1 Å². The van der Waals surface area contributed by atoms with Crippen molar-refractivity contribution >= 4 is 39.3 Å². The number of imidazole rings is 1. The maximum absolute atomic E-state index is 11.5. The van der Waals surface area contributed by atoms with Crippen LogP contribution in [0.25, 0.3) is 4.96 Å². The summed E-state index contributed by atoms with van der Waals surface area (Å²) in [6, 6.07) is 0. The Morgan fingerprint density at radius 1 is 1.24 bits per heavy atom. The zero-order valence-corrected chi connectivity index (χ0v) is 15.4. The summed E-state index contributed by atoms with van der Waals surface area (Å²) in [6.45, 7) is 6.12. The van der Waals surface area contributed by atoms with E-state index in [4.69, 9.17) is 0 Å². The highest BCUT2D eigenvalue weighted by atomic mass is 32.1. The van der Waals surface area contributed by atoms with E-state index in [0.717, 1.165) is 44.8 Å². The number of hydrogen-bond donors (Lipinski definition) is 0. The molecular weight excluding hydrogens is 360 g/mol. The quantitative estimate of drug-likeness (QED) is 0.502. The third kappa shape index (κ3) is 3.12. The van der Waals surface area contributed by atoms with Crippen LogP contribution in [0.3, 0.4) is 0 Å². The molecule has 1 aliphatic rings. The van der Waals surface area contributed by atoms with E-state index < -0.39 is 0 Å². The minimum absolute atomic E-state index is 0.0665. The van der Waals surface area contributed by atoms with Crippen molar-refractivity contribution in [2.75, 3.05) is 31.1 Å². The number of aryl methyl sites for hydroxylation is 1. The van der Waals surface area contributed by atoms with Crippen LogP contribution in [0.15, 0.2) is 17.0 Å². The molecule has 0 atom stereocenters. The van der Waals surface area contributed by atoms with Gasteiger partial charge in [0.1, 0.15) is 6.20 Å². The van der Waals surface area contributed by atoms with Gasteiger partial charge in [0.15, 0.2) is 0 Å². The Hall–Kier alpha value is -2.04. The van der Waals surface area contributed by atoms with Gasteiger partial charge in [0.2, 0.25) is 5.82 Å². The topological polar surface area (TPSA) is 79.8 Å². The molecule has 8 nitrogen and oxygen atoms in total. The minimum Gasteiger partial charge on any atom is -0.358 e. The summed E-state index contributed by atoms with van der Waals surface area (Å²) in [4.78, 5) is 25.3. The van der Waals surface area contributed by atoms with E-state index in [1.807, 2.05) is 10.3 Å². The van der Waals surface area contributed by atoms with E-state index in [-0.39, 0.29) is 10.7 Å². The first-order valence-corrected chi connectivity index (χ1v) is 9.92. The van der Waals surface area contributed by atoms with Gasteiger partial charge in [-0.15, -0.1) is 11.3 Å². The third-order valence-corrected chi connectivity index (χ3v) is 6.15. The maximum atomic E-state index is 11.5. The Balaban J connectivity index is 1.46. The molecule has 3 aromatic heterocycles. The van der Waals surface area contributed by atoms with Crippen molar-refractivity contribution < 1.29 is 4.92 Å². The van der Waals surface area contributed by atoms with Gasteiger partial charge in [0, 0.05) is 43.5 Å². The first kappa shape index (κ1) is 16.4. The lowest BCUT2D eigenvalue weighted by molar-refractivity contribution is -0.389. The molecule has 0 unspecified atom stereocenters. The fourth-order valence-electron chi connectivity index (χ4n) is 3.07. The van der Waals surface area contributed by atoms with Gasteiger partial charge in [-0.2, -0.15) is 9.38 Å². The molecule has 0 bridgehead atoms. The van der Waals surface area contributed by atoms with E-state index in [2.05, 4.69) is 27.2 Å². The lowest BCUT2D eigenvalue weighted by Crippen LogP contribution is -2.46. The van der Waals surface area contributed by atoms with Gasteiger partial charge in [0.25, 0.3) is 4.96 Å². The highest BCUT2D eigenvalue weighted by Gasteiger charge is 2.30. The van der Waals surface area contributed by atoms with Crippen LogP contribution < -0.4 is 4.90 Å². The molecule has 4 heterocycles. The highest BCUT2D eigenvalue weighted by Crippen LogP contribution is 2.31. The van der Waals surface area contributed by atoms with Gasteiger partial charge in [0.05, 0.1) is 10.7 Å². The van der Waals surface area contributed by atoms with Crippen molar-refractivity contribution in [3.63, 3.8) is 0 Å². The SMILES string of the molecule is CCc1nc(CN2CCN(c3nc4sccn4c3[N+](=O)[O-])CC2)cs1. The maximum Gasteiger partial charge on any atom is 0.373 e. The molecule has 0 radical (unpaired) electrons. The number of anilines is 1. The number of thiazole rings is 2. The molecule has 1 aliphatic heterocycles. The predicted molar refractivity (Wildman–Crippen MR) is 98.7 cm³/mol. The van der Waals surface area contributed by atoms with E-state index in [0.29, 0.717) is 10.8 Å². The number of nitro groups is 1. The van der Waals surface area contributed by atoms with E-state index in [9.17, 15) is 10.1 Å². The number of piperazine rings is 1. The van der Waals surface area contributed by atoms with Crippen LogP contribution in [-0.2, 0) is 13.0 Å². The Morgan fingerprint density at radius 3 is 2.72 bits per heavy atom. The summed E-state index contributed by atoms with van der Waals surface area (Å²) in [5.41, 5.74) is 1.11. The summed E-state index contributed by atoms with van der Waals surface area (Å²) in [5, 5.41) is 16.6. The molecule has 10 heteroatoms.